The number of halogens is 1. The summed E-state index contributed by atoms with van der Waals surface area (Å²) in [5, 5.41) is 3.95. The molecule has 130 valence electrons. The van der Waals surface area contributed by atoms with Crippen molar-refractivity contribution in [3.8, 4) is 0 Å². The quantitative estimate of drug-likeness (QED) is 0.311. The van der Waals surface area contributed by atoms with E-state index in [-0.39, 0.29) is 42.0 Å². The van der Waals surface area contributed by atoms with Gasteiger partial charge in [-0.15, -0.1) is 0 Å². The summed E-state index contributed by atoms with van der Waals surface area (Å²) in [5.41, 5.74) is 8.65. The van der Waals surface area contributed by atoms with Gasteiger partial charge >= 0.3 is 5.97 Å². The van der Waals surface area contributed by atoms with Crippen LogP contribution in [0, 0.1) is 11.8 Å². The SMILES string of the molecule is CC(=O)OCC1O[C@H](Sc2cncc(Br)c2)C(C)[C@@H](N=[N+]=[N-])[C@H]1C. The molecule has 9 heteroatoms. The van der Waals surface area contributed by atoms with Crippen LogP contribution in [0.15, 0.2) is 32.9 Å². The van der Waals surface area contributed by atoms with Gasteiger partial charge in [-0.25, -0.2) is 0 Å². The number of esters is 1. The topological polar surface area (TPSA) is 97.2 Å². The van der Waals surface area contributed by atoms with Crippen LogP contribution < -0.4 is 0 Å². The van der Waals surface area contributed by atoms with Crippen LogP contribution in [0.2, 0.25) is 0 Å². The first-order valence-electron chi connectivity index (χ1n) is 7.52. The summed E-state index contributed by atoms with van der Waals surface area (Å²) in [7, 11) is 0. The van der Waals surface area contributed by atoms with Gasteiger partial charge in [0, 0.05) is 45.6 Å². The highest BCUT2D eigenvalue weighted by Crippen LogP contribution is 2.40. The highest BCUT2D eigenvalue weighted by Gasteiger charge is 2.41. The number of aromatic nitrogens is 1. The van der Waals surface area contributed by atoms with Gasteiger partial charge in [0.05, 0.1) is 6.10 Å². The van der Waals surface area contributed by atoms with E-state index >= 15 is 0 Å². The standard InChI is InChI=1S/C15H19BrN4O3S/c1-8-13(7-22-10(3)21)23-15(9(2)14(8)19-20-17)24-12-4-11(16)5-18-6-12/h4-6,8-9,13-15H,7H2,1-3H3/t8-,9?,13?,14-,15+/m0/s1. The molecule has 1 aromatic rings. The second-order valence-electron chi connectivity index (χ2n) is 5.72. The zero-order chi connectivity index (χ0) is 17.7. The fourth-order valence-corrected chi connectivity index (χ4v) is 4.34. The molecule has 0 aliphatic carbocycles. The molecule has 0 N–H and O–H groups in total. The predicted octanol–water partition coefficient (Wildman–Crippen LogP) is 4.18. The fourth-order valence-electron chi connectivity index (χ4n) is 2.67. The third kappa shape index (κ3) is 4.86. The average Bonchev–Trinajstić information content (AvgIpc) is 2.53. The Morgan fingerprint density at radius 3 is 2.88 bits per heavy atom. The van der Waals surface area contributed by atoms with Crippen molar-refractivity contribution in [2.24, 2.45) is 17.0 Å². The molecule has 0 amide bonds. The molecule has 1 fully saturated rings. The summed E-state index contributed by atoms with van der Waals surface area (Å²) >= 11 is 4.92. The summed E-state index contributed by atoms with van der Waals surface area (Å²) in [6.07, 6.45) is 3.15. The van der Waals surface area contributed by atoms with Crippen molar-refractivity contribution in [1.29, 1.82) is 0 Å². The lowest BCUT2D eigenvalue weighted by atomic mass is 9.85. The number of ether oxygens (including phenoxy) is 2. The minimum Gasteiger partial charge on any atom is -0.463 e. The number of rotatable bonds is 5. The van der Waals surface area contributed by atoms with Crippen molar-refractivity contribution < 1.29 is 14.3 Å². The molecule has 0 spiro atoms. The minimum absolute atomic E-state index is 0.00783. The van der Waals surface area contributed by atoms with Crippen LogP contribution in [0.3, 0.4) is 0 Å². The highest BCUT2D eigenvalue weighted by molar-refractivity contribution is 9.10. The van der Waals surface area contributed by atoms with Crippen molar-refractivity contribution in [3.63, 3.8) is 0 Å². The third-order valence-electron chi connectivity index (χ3n) is 3.97. The van der Waals surface area contributed by atoms with Crippen molar-refractivity contribution in [1.82, 2.24) is 4.98 Å². The van der Waals surface area contributed by atoms with E-state index in [1.54, 1.807) is 12.4 Å². The zero-order valence-corrected chi connectivity index (χ0v) is 16.0. The van der Waals surface area contributed by atoms with Gasteiger partial charge in [0.1, 0.15) is 12.0 Å². The Morgan fingerprint density at radius 2 is 2.25 bits per heavy atom. The van der Waals surface area contributed by atoms with E-state index in [4.69, 9.17) is 15.0 Å². The lowest BCUT2D eigenvalue weighted by Crippen LogP contribution is -2.48. The maximum atomic E-state index is 11.1. The molecule has 7 nitrogen and oxygen atoms in total. The van der Waals surface area contributed by atoms with Gasteiger partial charge in [-0.05, 0) is 33.4 Å². The molecular formula is C15H19BrN4O3S. The van der Waals surface area contributed by atoms with Crippen LogP contribution >= 0.6 is 27.7 Å². The Hall–Kier alpha value is -1.28. The molecule has 0 aromatic carbocycles. The van der Waals surface area contributed by atoms with Crippen LogP contribution in [0.25, 0.3) is 10.4 Å². The van der Waals surface area contributed by atoms with E-state index in [9.17, 15) is 4.79 Å². The van der Waals surface area contributed by atoms with E-state index in [0.717, 1.165) is 9.37 Å². The second kappa shape index (κ2) is 8.71. The summed E-state index contributed by atoms with van der Waals surface area (Å²) < 4.78 is 12.1. The van der Waals surface area contributed by atoms with Crippen LogP contribution in [0.1, 0.15) is 20.8 Å². The van der Waals surface area contributed by atoms with E-state index in [2.05, 4.69) is 30.9 Å². The fraction of sp³-hybridized carbons (Fsp3) is 0.600. The zero-order valence-electron chi connectivity index (χ0n) is 13.6. The smallest absolute Gasteiger partial charge is 0.302 e. The number of pyridine rings is 1. The second-order valence-corrected chi connectivity index (χ2v) is 7.80. The molecule has 0 radical (unpaired) electrons. The largest absolute Gasteiger partial charge is 0.463 e. The number of azide groups is 1. The molecule has 1 aliphatic rings. The van der Waals surface area contributed by atoms with Crippen LogP contribution in [-0.4, -0.2) is 35.1 Å². The van der Waals surface area contributed by atoms with Crippen molar-refractivity contribution in [2.75, 3.05) is 6.61 Å². The van der Waals surface area contributed by atoms with Gasteiger partial charge in [0.25, 0.3) is 0 Å². The Labute approximate surface area is 153 Å². The van der Waals surface area contributed by atoms with Gasteiger partial charge in [0.15, 0.2) is 0 Å². The molecule has 2 unspecified atom stereocenters. The molecule has 2 heterocycles. The van der Waals surface area contributed by atoms with Gasteiger partial charge in [0.2, 0.25) is 0 Å². The average molecular weight is 415 g/mol. The van der Waals surface area contributed by atoms with E-state index < -0.39 is 0 Å². The first kappa shape index (κ1) is 19.1. The maximum absolute atomic E-state index is 11.1. The Bertz CT molecular complexity index is 641. The molecular weight excluding hydrogens is 396 g/mol. The maximum Gasteiger partial charge on any atom is 0.302 e. The molecule has 1 aromatic heterocycles. The summed E-state index contributed by atoms with van der Waals surface area (Å²) in [6.45, 7) is 5.46. The molecule has 0 saturated carbocycles. The Kier molecular flexibility index (Phi) is 6.91. The van der Waals surface area contributed by atoms with Gasteiger partial charge < -0.3 is 9.47 Å². The van der Waals surface area contributed by atoms with Crippen LogP contribution in [0.5, 0.6) is 0 Å². The normalized spacial score (nSPS) is 29.6. The van der Waals surface area contributed by atoms with E-state index in [1.807, 2.05) is 19.9 Å². The van der Waals surface area contributed by atoms with E-state index in [0.29, 0.717) is 0 Å². The number of hydrogen-bond acceptors (Lipinski definition) is 6. The summed E-state index contributed by atoms with van der Waals surface area (Å²) in [6, 6.07) is 1.72. The lowest BCUT2D eigenvalue weighted by Gasteiger charge is -2.42. The molecule has 5 atom stereocenters. The van der Waals surface area contributed by atoms with Gasteiger partial charge in [-0.1, -0.05) is 30.7 Å². The first-order chi connectivity index (χ1) is 11.4. The van der Waals surface area contributed by atoms with Crippen molar-refractivity contribution in [3.05, 3.63) is 33.4 Å². The summed E-state index contributed by atoms with van der Waals surface area (Å²) in [4.78, 5) is 19.2. The highest BCUT2D eigenvalue weighted by atomic mass is 79.9. The van der Waals surface area contributed by atoms with Crippen LogP contribution in [-0.2, 0) is 14.3 Å². The third-order valence-corrected chi connectivity index (χ3v) is 5.67. The number of carbonyl (C=O) groups excluding carboxylic acids is 1. The lowest BCUT2D eigenvalue weighted by molar-refractivity contribution is -0.153. The number of thioether (sulfide) groups is 1. The van der Waals surface area contributed by atoms with Gasteiger partial charge in [-0.2, -0.15) is 0 Å². The molecule has 2 rings (SSSR count). The number of nitrogens with zero attached hydrogens (tertiary/aromatic N) is 4. The van der Waals surface area contributed by atoms with Crippen molar-refractivity contribution >= 4 is 33.7 Å². The molecule has 0 bridgehead atoms. The monoisotopic (exact) mass is 414 g/mol. The van der Waals surface area contributed by atoms with Gasteiger partial charge in [-0.3, -0.25) is 9.78 Å². The molecule has 24 heavy (non-hydrogen) atoms. The Morgan fingerprint density at radius 1 is 1.50 bits per heavy atom. The molecule has 1 aliphatic heterocycles. The number of carbonyl (C=O) groups is 1. The summed E-state index contributed by atoms with van der Waals surface area (Å²) in [5.74, 6) is -0.397. The first-order valence-corrected chi connectivity index (χ1v) is 9.20. The van der Waals surface area contributed by atoms with E-state index in [1.165, 1.54) is 18.7 Å². The van der Waals surface area contributed by atoms with Crippen molar-refractivity contribution in [2.45, 2.75) is 43.2 Å². The molecule has 1 saturated heterocycles. The van der Waals surface area contributed by atoms with Crippen LogP contribution in [0.4, 0.5) is 0 Å². The number of hydrogen-bond donors (Lipinski definition) is 0. The Balaban J connectivity index is 2.18. The minimum atomic E-state index is -0.356. The predicted molar refractivity (Wildman–Crippen MR) is 94.4 cm³/mol.